The second-order valence-electron chi connectivity index (χ2n) is 5.45. The molecule has 2 aromatic carbocycles. The summed E-state index contributed by atoms with van der Waals surface area (Å²) in [5.74, 6) is 0.732. The molecule has 0 saturated heterocycles. The SMILES string of the molecule is C=c1[nH]n(-c2cccc(Cl)c2C)c(=O)c1=Cc1cccc(OC)c1. The van der Waals surface area contributed by atoms with Gasteiger partial charge in [0.2, 0.25) is 0 Å². The average Bonchev–Trinajstić information content (AvgIpc) is 2.85. The number of rotatable bonds is 3. The molecular formula is C19H17ClN2O2. The van der Waals surface area contributed by atoms with E-state index >= 15 is 0 Å². The number of aromatic amines is 1. The number of nitrogens with zero attached hydrogens (tertiary/aromatic N) is 1. The number of nitrogens with one attached hydrogen (secondary N) is 1. The summed E-state index contributed by atoms with van der Waals surface area (Å²) in [6.07, 6.45) is 1.79. The van der Waals surface area contributed by atoms with Crippen LogP contribution in [0.25, 0.3) is 18.3 Å². The van der Waals surface area contributed by atoms with Gasteiger partial charge in [0.1, 0.15) is 5.75 Å². The molecule has 122 valence electrons. The molecule has 0 saturated carbocycles. The van der Waals surface area contributed by atoms with Crippen molar-refractivity contribution in [3.63, 3.8) is 0 Å². The highest BCUT2D eigenvalue weighted by Gasteiger charge is 2.09. The molecule has 0 aliphatic rings. The van der Waals surface area contributed by atoms with E-state index < -0.39 is 0 Å². The van der Waals surface area contributed by atoms with Crippen molar-refractivity contribution in [3.8, 4) is 11.4 Å². The van der Waals surface area contributed by atoms with E-state index in [0.29, 0.717) is 21.3 Å². The summed E-state index contributed by atoms with van der Waals surface area (Å²) >= 11 is 6.16. The third kappa shape index (κ3) is 2.88. The van der Waals surface area contributed by atoms with Gasteiger partial charge in [-0.25, -0.2) is 4.68 Å². The van der Waals surface area contributed by atoms with Crippen LogP contribution in [0, 0.1) is 6.92 Å². The molecule has 5 heteroatoms. The minimum Gasteiger partial charge on any atom is -0.497 e. The van der Waals surface area contributed by atoms with Crippen molar-refractivity contribution in [2.24, 2.45) is 0 Å². The van der Waals surface area contributed by atoms with E-state index in [1.165, 1.54) is 4.68 Å². The third-order valence-corrected chi connectivity index (χ3v) is 4.30. The number of halogens is 1. The van der Waals surface area contributed by atoms with Crippen LogP contribution in [-0.4, -0.2) is 16.9 Å². The maximum atomic E-state index is 12.8. The lowest BCUT2D eigenvalue weighted by atomic mass is 10.2. The quantitative estimate of drug-likeness (QED) is 0.795. The van der Waals surface area contributed by atoms with Gasteiger partial charge in [-0.3, -0.25) is 9.89 Å². The number of hydrogen-bond donors (Lipinski definition) is 1. The topological polar surface area (TPSA) is 47.0 Å². The minimum absolute atomic E-state index is 0.173. The molecule has 0 radical (unpaired) electrons. The monoisotopic (exact) mass is 340 g/mol. The molecule has 0 aliphatic heterocycles. The van der Waals surface area contributed by atoms with Crippen LogP contribution in [-0.2, 0) is 0 Å². The van der Waals surface area contributed by atoms with Crippen molar-refractivity contribution < 1.29 is 4.74 Å². The Morgan fingerprint density at radius 2 is 2.00 bits per heavy atom. The number of benzene rings is 2. The van der Waals surface area contributed by atoms with Crippen LogP contribution in [0.3, 0.4) is 0 Å². The van der Waals surface area contributed by atoms with Crippen LogP contribution in [0.1, 0.15) is 11.1 Å². The summed E-state index contributed by atoms with van der Waals surface area (Å²) in [5.41, 5.74) is 2.23. The second kappa shape index (κ2) is 6.42. The first-order valence-corrected chi connectivity index (χ1v) is 7.80. The zero-order valence-electron chi connectivity index (χ0n) is 13.5. The highest BCUT2D eigenvalue weighted by atomic mass is 35.5. The standard InChI is InChI=1S/C19H17ClN2O2/c1-12-17(20)8-5-9-18(12)22-19(23)16(13(2)21-22)11-14-6-4-7-15(10-14)24-3/h4-11,21H,2H2,1,3H3. The lowest BCUT2D eigenvalue weighted by molar-refractivity contribution is 0.414. The number of methoxy groups -OCH3 is 1. The van der Waals surface area contributed by atoms with Crippen LogP contribution in [0.2, 0.25) is 5.02 Å². The van der Waals surface area contributed by atoms with Gasteiger partial charge in [-0.2, -0.15) is 0 Å². The average molecular weight is 341 g/mol. The highest BCUT2D eigenvalue weighted by molar-refractivity contribution is 6.31. The smallest absolute Gasteiger partial charge is 0.279 e. The van der Waals surface area contributed by atoms with E-state index in [0.717, 1.165) is 16.9 Å². The first-order valence-electron chi connectivity index (χ1n) is 7.42. The molecule has 0 spiro atoms. The molecule has 3 rings (SSSR count). The molecular weight excluding hydrogens is 324 g/mol. The maximum Gasteiger partial charge on any atom is 0.279 e. The van der Waals surface area contributed by atoms with Gasteiger partial charge in [-0.15, -0.1) is 0 Å². The summed E-state index contributed by atoms with van der Waals surface area (Å²) in [7, 11) is 1.61. The van der Waals surface area contributed by atoms with E-state index in [4.69, 9.17) is 16.3 Å². The number of H-pyrrole nitrogens is 1. The molecule has 1 heterocycles. The Balaban J connectivity index is 2.20. The fraction of sp³-hybridized carbons (Fsp3) is 0.105. The number of aromatic nitrogens is 2. The van der Waals surface area contributed by atoms with Crippen molar-refractivity contribution in [1.29, 1.82) is 0 Å². The van der Waals surface area contributed by atoms with Gasteiger partial charge in [0, 0.05) is 5.02 Å². The molecule has 4 nitrogen and oxygen atoms in total. The zero-order valence-corrected chi connectivity index (χ0v) is 14.2. The summed E-state index contributed by atoms with van der Waals surface area (Å²) < 4.78 is 6.68. The molecule has 0 bridgehead atoms. The molecule has 0 unspecified atom stereocenters. The first kappa shape index (κ1) is 16.1. The van der Waals surface area contributed by atoms with Crippen molar-refractivity contribution in [3.05, 3.63) is 79.5 Å². The lowest BCUT2D eigenvalue weighted by Crippen LogP contribution is -2.34. The van der Waals surface area contributed by atoms with Crippen LogP contribution in [0.5, 0.6) is 5.75 Å². The Morgan fingerprint density at radius 1 is 1.25 bits per heavy atom. The predicted molar refractivity (Wildman–Crippen MR) is 97.5 cm³/mol. The van der Waals surface area contributed by atoms with Crippen LogP contribution in [0.4, 0.5) is 0 Å². The number of hydrogen-bond acceptors (Lipinski definition) is 2. The van der Waals surface area contributed by atoms with Crippen molar-refractivity contribution in [2.45, 2.75) is 6.92 Å². The molecule has 3 aromatic rings. The van der Waals surface area contributed by atoms with Gasteiger partial charge in [-0.1, -0.05) is 36.4 Å². The number of ether oxygens (including phenoxy) is 1. The summed E-state index contributed by atoms with van der Waals surface area (Å²) in [6.45, 7) is 5.82. The van der Waals surface area contributed by atoms with Gasteiger partial charge in [0.25, 0.3) is 5.56 Å². The maximum absolute atomic E-state index is 12.8. The van der Waals surface area contributed by atoms with E-state index in [-0.39, 0.29) is 5.56 Å². The Kier molecular flexibility index (Phi) is 4.32. The Labute approximate surface area is 144 Å². The molecule has 0 aliphatic carbocycles. The third-order valence-electron chi connectivity index (χ3n) is 3.89. The molecule has 24 heavy (non-hydrogen) atoms. The van der Waals surface area contributed by atoms with E-state index in [1.54, 1.807) is 19.3 Å². The Hall–Kier alpha value is -2.72. The van der Waals surface area contributed by atoms with Crippen molar-refractivity contribution in [1.82, 2.24) is 9.78 Å². The first-order chi connectivity index (χ1) is 11.5. The van der Waals surface area contributed by atoms with Crippen LogP contribution in [0.15, 0.2) is 47.3 Å². The van der Waals surface area contributed by atoms with E-state index in [9.17, 15) is 4.79 Å². The van der Waals surface area contributed by atoms with Crippen LogP contribution >= 0.6 is 11.6 Å². The van der Waals surface area contributed by atoms with Gasteiger partial charge in [0.15, 0.2) is 0 Å². The molecule has 1 aromatic heterocycles. The molecule has 0 amide bonds. The van der Waals surface area contributed by atoms with Crippen molar-refractivity contribution in [2.75, 3.05) is 7.11 Å². The summed E-state index contributed by atoms with van der Waals surface area (Å²) in [6, 6.07) is 12.9. The fourth-order valence-corrected chi connectivity index (χ4v) is 2.72. The molecule has 1 N–H and O–H groups in total. The summed E-state index contributed by atoms with van der Waals surface area (Å²) in [5, 5.41) is 4.67. The fourth-order valence-electron chi connectivity index (χ4n) is 2.55. The minimum atomic E-state index is -0.173. The van der Waals surface area contributed by atoms with Crippen molar-refractivity contribution >= 4 is 24.3 Å². The summed E-state index contributed by atoms with van der Waals surface area (Å²) in [4.78, 5) is 12.8. The lowest BCUT2D eigenvalue weighted by Gasteiger charge is -2.06. The van der Waals surface area contributed by atoms with E-state index in [2.05, 4.69) is 11.7 Å². The van der Waals surface area contributed by atoms with Gasteiger partial charge < -0.3 is 4.74 Å². The van der Waals surface area contributed by atoms with Gasteiger partial charge in [-0.05, 0) is 48.4 Å². The van der Waals surface area contributed by atoms with Gasteiger partial charge in [0.05, 0.1) is 23.4 Å². The normalized spacial score (nSPS) is 11.7. The molecule has 0 atom stereocenters. The second-order valence-corrected chi connectivity index (χ2v) is 5.86. The Bertz CT molecular complexity index is 1060. The Morgan fingerprint density at radius 3 is 2.75 bits per heavy atom. The van der Waals surface area contributed by atoms with Gasteiger partial charge >= 0.3 is 0 Å². The van der Waals surface area contributed by atoms with Crippen LogP contribution < -0.4 is 20.9 Å². The predicted octanol–water partition coefficient (Wildman–Crippen LogP) is 2.38. The largest absolute Gasteiger partial charge is 0.497 e. The highest BCUT2D eigenvalue weighted by Crippen LogP contribution is 2.20. The zero-order chi connectivity index (χ0) is 17.3. The molecule has 0 fully saturated rings. The van der Waals surface area contributed by atoms with E-state index in [1.807, 2.05) is 43.3 Å².